The van der Waals surface area contributed by atoms with E-state index in [1.165, 1.54) is 6.07 Å². The maximum absolute atomic E-state index is 13.2. The topological polar surface area (TPSA) is 69.9 Å². The Bertz CT molecular complexity index is 1150. The fourth-order valence-electron chi connectivity index (χ4n) is 3.78. The Kier molecular flexibility index (Phi) is 5.91. The standard InChI is InChI=1S/C21H24N4O2.ClH/c1-3-24(4-2)11-5-10-22-16-7-8-17-20-19(16)21(27)15-12-14(26)6-9-18(15)25(20)13-23-17;/h6-9,12-13,22,26H,3-5,10-11H2,1-2H3;1H. The Hall–Kier alpha value is -2.57. The van der Waals surface area contributed by atoms with Gasteiger partial charge in [-0.05, 0) is 56.4 Å². The zero-order chi connectivity index (χ0) is 19.0. The molecule has 0 atom stereocenters. The minimum Gasteiger partial charge on any atom is -0.508 e. The van der Waals surface area contributed by atoms with E-state index in [9.17, 15) is 9.90 Å². The molecule has 0 fully saturated rings. The highest BCUT2D eigenvalue weighted by molar-refractivity contribution is 6.07. The first-order valence-corrected chi connectivity index (χ1v) is 9.48. The summed E-state index contributed by atoms with van der Waals surface area (Å²) >= 11 is 0. The average Bonchev–Trinajstić information content (AvgIpc) is 3.11. The van der Waals surface area contributed by atoms with E-state index < -0.39 is 0 Å². The third-order valence-corrected chi connectivity index (χ3v) is 5.28. The fourth-order valence-corrected chi connectivity index (χ4v) is 3.78. The van der Waals surface area contributed by atoms with Crippen molar-refractivity contribution in [1.29, 1.82) is 0 Å². The second-order valence-electron chi connectivity index (χ2n) is 6.81. The SMILES string of the molecule is CCN(CC)CCCNc1ccc2ncn3c4ccc(O)cc4c(=O)c1c23.Cl. The first kappa shape index (κ1) is 20.2. The number of benzene rings is 2. The van der Waals surface area contributed by atoms with Gasteiger partial charge in [0.25, 0.3) is 0 Å². The highest BCUT2D eigenvalue weighted by Crippen LogP contribution is 2.29. The second kappa shape index (κ2) is 8.20. The van der Waals surface area contributed by atoms with Gasteiger partial charge in [-0.2, -0.15) is 0 Å². The molecule has 0 amide bonds. The van der Waals surface area contributed by atoms with Gasteiger partial charge >= 0.3 is 0 Å². The number of phenolic OH excluding ortho intramolecular Hbond substituents is 1. The van der Waals surface area contributed by atoms with E-state index in [2.05, 4.69) is 29.0 Å². The van der Waals surface area contributed by atoms with Crippen LogP contribution < -0.4 is 10.7 Å². The van der Waals surface area contributed by atoms with Gasteiger partial charge in [0.2, 0.25) is 0 Å². The zero-order valence-electron chi connectivity index (χ0n) is 16.1. The van der Waals surface area contributed by atoms with Crippen LogP contribution in [0.25, 0.3) is 27.3 Å². The lowest BCUT2D eigenvalue weighted by atomic mass is 10.1. The fraction of sp³-hybridized carbons (Fsp3) is 0.333. The molecular weight excluding hydrogens is 376 g/mol. The number of anilines is 1. The Morgan fingerprint density at radius 2 is 1.96 bits per heavy atom. The van der Waals surface area contributed by atoms with Crippen LogP contribution in [0.15, 0.2) is 41.5 Å². The monoisotopic (exact) mass is 400 g/mol. The minimum absolute atomic E-state index is 0. The number of pyridine rings is 1. The molecule has 0 aliphatic carbocycles. The van der Waals surface area contributed by atoms with E-state index in [-0.39, 0.29) is 23.6 Å². The molecule has 4 aromatic rings. The quantitative estimate of drug-likeness (QED) is 0.365. The normalized spacial score (nSPS) is 11.5. The number of aromatic nitrogens is 2. The van der Waals surface area contributed by atoms with E-state index in [0.29, 0.717) is 10.8 Å². The van der Waals surface area contributed by atoms with Gasteiger partial charge in [-0.15, -0.1) is 12.4 Å². The van der Waals surface area contributed by atoms with Crippen molar-refractivity contribution in [2.24, 2.45) is 0 Å². The van der Waals surface area contributed by atoms with Crippen molar-refractivity contribution in [3.63, 3.8) is 0 Å². The van der Waals surface area contributed by atoms with Crippen molar-refractivity contribution >= 4 is 45.4 Å². The number of imidazole rings is 1. The van der Waals surface area contributed by atoms with Crippen LogP contribution in [-0.2, 0) is 0 Å². The van der Waals surface area contributed by atoms with E-state index in [1.54, 1.807) is 18.5 Å². The Morgan fingerprint density at radius 3 is 2.71 bits per heavy atom. The molecule has 7 heteroatoms. The molecule has 0 aliphatic heterocycles. The lowest BCUT2D eigenvalue weighted by Crippen LogP contribution is -2.25. The molecular formula is C21H25ClN4O2. The molecule has 0 unspecified atom stereocenters. The molecule has 0 bridgehead atoms. The lowest BCUT2D eigenvalue weighted by molar-refractivity contribution is 0.303. The first-order valence-electron chi connectivity index (χ1n) is 9.48. The molecule has 0 saturated heterocycles. The summed E-state index contributed by atoms with van der Waals surface area (Å²) in [5, 5.41) is 14.4. The Balaban J connectivity index is 0.00000225. The highest BCUT2D eigenvalue weighted by Gasteiger charge is 2.16. The van der Waals surface area contributed by atoms with E-state index in [0.717, 1.165) is 54.8 Å². The first-order chi connectivity index (χ1) is 13.1. The number of aromatic hydroxyl groups is 1. The summed E-state index contributed by atoms with van der Waals surface area (Å²) in [4.78, 5) is 20.0. The molecule has 2 aromatic heterocycles. The number of nitrogens with one attached hydrogen (secondary N) is 1. The third kappa shape index (κ3) is 3.34. The maximum Gasteiger partial charge on any atom is 0.199 e. The summed E-state index contributed by atoms with van der Waals surface area (Å²) in [5.41, 5.74) is 3.12. The molecule has 2 heterocycles. The smallest absolute Gasteiger partial charge is 0.199 e. The molecule has 2 aromatic carbocycles. The minimum atomic E-state index is -0.0780. The van der Waals surface area contributed by atoms with E-state index in [4.69, 9.17) is 0 Å². The van der Waals surface area contributed by atoms with Crippen molar-refractivity contribution in [2.45, 2.75) is 20.3 Å². The van der Waals surface area contributed by atoms with Gasteiger partial charge in [-0.25, -0.2) is 4.98 Å². The van der Waals surface area contributed by atoms with Crippen LogP contribution in [0.2, 0.25) is 0 Å². The molecule has 0 radical (unpaired) electrons. The van der Waals surface area contributed by atoms with Crippen molar-refractivity contribution in [1.82, 2.24) is 14.3 Å². The van der Waals surface area contributed by atoms with Crippen LogP contribution in [0, 0.1) is 0 Å². The predicted octanol–water partition coefficient (Wildman–Crippen LogP) is 3.71. The summed E-state index contributed by atoms with van der Waals surface area (Å²) < 4.78 is 1.93. The van der Waals surface area contributed by atoms with Gasteiger partial charge in [0, 0.05) is 12.2 Å². The molecule has 148 valence electrons. The molecule has 0 saturated carbocycles. The number of hydrogen-bond acceptors (Lipinski definition) is 5. The maximum atomic E-state index is 13.2. The summed E-state index contributed by atoms with van der Waals surface area (Å²) in [6.07, 6.45) is 2.74. The molecule has 6 nitrogen and oxygen atoms in total. The largest absolute Gasteiger partial charge is 0.508 e. The molecule has 2 N–H and O–H groups in total. The number of halogens is 1. The molecule has 28 heavy (non-hydrogen) atoms. The molecule has 0 aliphatic rings. The predicted molar refractivity (Wildman–Crippen MR) is 117 cm³/mol. The van der Waals surface area contributed by atoms with Gasteiger partial charge in [0.1, 0.15) is 12.1 Å². The van der Waals surface area contributed by atoms with Gasteiger partial charge in [0.15, 0.2) is 5.43 Å². The van der Waals surface area contributed by atoms with Crippen LogP contribution in [0.5, 0.6) is 5.75 Å². The van der Waals surface area contributed by atoms with Gasteiger partial charge in [0.05, 0.1) is 27.3 Å². The van der Waals surface area contributed by atoms with E-state index >= 15 is 0 Å². The number of rotatable bonds is 7. The molecule has 0 spiro atoms. The van der Waals surface area contributed by atoms with Gasteiger partial charge < -0.3 is 15.3 Å². The van der Waals surface area contributed by atoms with Gasteiger partial charge in [-0.1, -0.05) is 13.8 Å². The zero-order valence-corrected chi connectivity index (χ0v) is 16.9. The second-order valence-corrected chi connectivity index (χ2v) is 6.81. The summed E-state index contributed by atoms with van der Waals surface area (Å²) in [5.74, 6) is 0.0894. The van der Waals surface area contributed by atoms with Crippen LogP contribution in [-0.4, -0.2) is 45.6 Å². The number of phenols is 1. The van der Waals surface area contributed by atoms with E-state index in [1.807, 2.05) is 16.5 Å². The number of nitrogens with zero attached hydrogens (tertiary/aromatic N) is 3. The Morgan fingerprint density at radius 1 is 1.18 bits per heavy atom. The summed E-state index contributed by atoms with van der Waals surface area (Å²) in [6, 6.07) is 8.76. The third-order valence-electron chi connectivity index (χ3n) is 5.28. The van der Waals surface area contributed by atoms with Crippen molar-refractivity contribution < 1.29 is 5.11 Å². The van der Waals surface area contributed by atoms with Crippen LogP contribution in [0.3, 0.4) is 0 Å². The van der Waals surface area contributed by atoms with Crippen molar-refractivity contribution in [2.75, 3.05) is 31.5 Å². The number of fused-ring (bicyclic) bond motifs is 2. The summed E-state index contributed by atoms with van der Waals surface area (Å²) in [6.45, 7) is 8.25. The van der Waals surface area contributed by atoms with Crippen LogP contribution >= 0.6 is 12.4 Å². The Labute approximate surface area is 169 Å². The average molecular weight is 401 g/mol. The van der Waals surface area contributed by atoms with Gasteiger partial charge in [-0.3, -0.25) is 9.20 Å². The van der Waals surface area contributed by atoms with Crippen molar-refractivity contribution in [3.05, 3.63) is 46.9 Å². The molecule has 4 rings (SSSR count). The number of hydrogen-bond donors (Lipinski definition) is 2. The van der Waals surface area contributed by atoms with Crippen LogP contribution in [0.4, 0.5) is 5.69 Å². The van der Waals surface area contributed by atoms with Crippen molar-refractivity contribution in [3.8, 4) is 5.75 Å². The van der Waals surface area contributed by atoms with Crippen LogP contribution in [0.1, 0.15) is 20.3 Å². The lowest BCUT2D eigenvalue weighted by Gasteiger charge is -2.18. The summed E-state index contributed by atoms with van der Waals surface area (Å²) in [7, 11) is 0. The highest BCUT2D eigenvalue weighted by atomic mass is 35.5.